The number of benzene rings is 2. The number of fused-ring (bicyclic) bond motifs is 1. The van der Waals surface area contributed by atoms with Gasteiger partial charge in [-0.15, -0.1) is 0 Å². The first-order valence-corrected chi connectivity index (χ1v) is 9.07. The van der Waals surface area contributed by atoms with Crippen LogP contribution in [-0.2, 0) is 9.59 Å². The fourth-order valence-corrected chi connectivity index (χ4v) is 3.61. The Bertz CT molecular complexity index is 1040. The average molecular weight is 362 g/mol. The van der Waals surface area contributed by atoms with Crippen LogP contribution in [-0.4, -0.2) is 21.6 Å². The maximum absolute atomic E-state index is 12.5. The predicted octanol–water partition coefficient (Wildman–Crippen LogP) is 2.78. The van der Waals surface area contributed by atoms with Crippen molar-refractivity contribution >= 4 is 22.6 Å². The summed E-state index contributed by atoms with van der Waals surface area (Å²) in [5.41, 5.74) is 7.23. The molecule has 1 fully saturated rings. The summed E-state index contributed by atoms with van der Waals surface area (Å²) in [6, 6.07) is 14.0. The Hall–Kier alpha value is -3.15. The number of hydrogen-bond donors (Lipinski definition) is 2. The summed E-state index contributed by atoms with van der Waals surface area (Å²) in [5, 5.41) is 9.74. The fraction of sp³-hybridized carbons (Fsp3) is 0.286. The molecule has 0 unspecified atom stereocenters. The van der Waals surface area contributed by atoms with Crippen LogP contribution in [0.15, 0.2) is 48.7 Å². The van der Waals surface area contributed by atoms with Gasteiger partial charge in [-0.25, -0.2) is 4.68 Å². The van der Waals surface area contributed by atoms with Crippen LogP contribution in [0, 0.1) is 12.3 Å². The summed E-state index contributed by atoms with van der Waals surface area (Å²) in [7, 11) is 0. The molecule has 2 aromatic carbocycles. The number of rotatable bonds is 5. The normalized spacial score (nSPS) is 16.1. The van der Waals surface area contributed by atoms with E-state index in [0.29, 0.717) is 12.8 Å². The molecule has 1 heterocycles. The Labute approximate surface area is 157 Å². The first-order valence-electron chi connectivity index (χ1n) is 9.07. The first-order chi connectivity index (χ1) is 12.9. The van der Waals surface area contributed by atoms with E-state index in [1.165, 1.54) is 0 Å². The van der Waals surface area contributed by atoms with Crippen LogP contribution in [0.1, 0.15) is 37.1 Å². The van der Waals surface area contributed by atoms with Gasteiger partial charge in [0.15, 0.2) is 0 Å². The van der Waals surface area contributed by atoms with Crippen molar-refractivity contribution in [3.05, 3.63) is 59.9 Å². The molecule has 1 aliphatic rings. The number of nitrogens with two attached hydrogens (primary N) is 1. The van der Waals surface area contributed by atoms with Gasteiger partial charge in [-0.2, -0.15) is 5.10 Å². The third-order valence-electron chi connectivity index (χ3n) is 5.51. The van der Waals surface area contributed by atoms with Crippen LogP contribution < -0.4 is 11.1 Å². The number of amides is 2. The molecule has 1 saturated carbocycles. The highest BCUT2D eigenvalue weighted by atomic mass is 16.2. The maximum Gasteiger partial charge on any atom is 0.236 e. The smallest absolute Gasteiger partial charge is 0.236 e. The van der Waals surface area contributed by atoms with E-state index in [2.05, 4.69) is 28.6 Å². The zero-order valence-corrected chi connectivity index (χ0v) is 15.4. The van der Waals surface area contributed by atoms with Gasteiger partial charge in [0.05, 0.1) is 17.9 Å². The Morgan fingerprint density at radius 3 is 2.59 bits per heavy atom. The molecular weight excluding hydrogens is 340 g/mol. The molecule has 0 saturated heterocycles. The van der Waals surface area contributed by atoms with Crippen molar-refractivity contribution in [3.8, 4) is 5.69 Å². The topological polar surface area (TPSA) is 90.0 Å². The molecule has 27 heavy (non-hydrogen) atoms. The molecule has 0 spiro atoms. The highest BCUT2D eigenvalue weighted by molar-refractivity contribution is 6.07. The van der Waals surface area contributed by atoms with Gasteiger partial charge in [0.1, 0.15) is 5.41 Å². The number of aromatic nitrogens is 2. The zero-order valence-electron chi connectivity index (χ0n) is 15.4. The van der Waals surface area contributed by atoms with Gasteiger partial charge in [-0.3, -0.25) is 9.59 Å². The second kappa shape index (κ2) is 6.23. The van der Waals surface area contributed by atoms with Gasteiger partial charge >= 0.3 is 0 Å². The summed E-state index contributed by atoms with van der Waals surface area (Å²) in [5.74, 6) is -0.838. The Morgan fingerprint density at radius 1 is 1.19 bits per heavy atom. The largest absolute Gasteiger partial charge is 0.369 e. The summed E-state index contributed by atoms with van der Waals surface area (Å²) >= 11 is 0. The molecule has 138 valence electrons. The minimum absolute atomic E-state index is 0.266. The van der Waals surface area contributed by atoms with Crippen molar-refractivity contribution in [1.29, 1.82) is 0 Å². The molecule has 1 atom stereocenters. The van der Waals surface area contributed by atoms with Crippen LogP contribution in [0.25, 0.3) is 16.5 Å². The van der Waals surface area contributed by atoms with Crippen molar-refractivity contribution < 1.29 is 9.59 Å². The molecule has 4 rings (SSSR count). The van der Waals surface area contributed by atoms with E-state index in [-0.39, 0.29) is 11.9 Å². The molecule has 3 aromatic rings. The zero-order chi connectivity index (χ0) is 19.2. The molecule has 3 N–H and O–H groups in total. The van der Waals surface area contributed by atoms with E-state index in [0.717, 1.165) is 27.7 Å². The number of hydrogen-bond acceptors (Lipinski definition) is 3. The Balaban J connectivity index is 1.64. The van der Waals surface area contributed by atoms with Crippen LogP contribution in [0.3, 0.4) is 0 Å². The van der Waals surface area contributed by atoms with E-state index in [4.69, 9.17) is 5.73 Å². The lowest BCUT2D eigenvalue weighted by molar-refractivity contribution is -0.135. The van der Waals surface area contributed by atoms with Crippen molar-refractivity contribution in [3.63, 3.8) is 0 Å². The minimum Gasteiger partial charge on any atom is -0.369 e. The number of nitrogens with one attached hydrogen (secondary N) is 1. The number of nitrogens with zero attached hydrogens (tertiary/aromatic N) is 2. The highest BCUT2D eigenvalue weighted by Gasteiger charge is 2.55. The third-order valence-corrected chi connectivity index (χ3v) is 5.51. The molecule has 6 nitrogen and oxygen atoms in total. The average Bonchev–Trinajstić information content (AvgIpc) is 3.39. The number of carbonyl (C=O) groups excluding carboxylic acids is 2. The SMILES string of the molecule is Cc1c([C@@H](C)NC(=O)C2(C(N)=O)CC2)cnn1-c1cccc2ccccc12. The quantitative estimate of drug-likeness (QED) is 0.684. The van der Waals surface area contributed by atoms with Gasteiger partial charge < -0.3 is 11.1 Å². The van der Waals surface area contributed by atoms with Crippen molar-refractivity contribution in [1.82, 2.24) is 15.1 Å². The van der Waals surface area contributed by atoms with E-state index >= 15 is 0 Å². The number of primary amides is 1. The lowest BCUT2D eigenvalue weighted by Gasteiger charge is -2.18. The molecular formula is C21H22N4O2. The summed E-state index contributed by atoms with van der Waals surface area (Å²) in [4.78, 5) is 24.0. The Kier molecular flexibility index (Phi) is 3.98. The standard InChI is InChI=1S/C21H22N4O2/c1-13(24-20(27)21(10-11-21)19(22)26)17-12-23-25(14(17)2)18-9-5-7-15-6-3-4-8-16(15)18/h3-9,12-13H,10-11H2,1-2H3,(H2,22,26)(H,24,27)/t13-/m1/s1. The fourth-order valence-electron chi connectivity index (χ4n) is 3.61. The molecule has 1 aliphatic carbocycles. The molecule has 0 aliphatic heterocycles. The van der Waals surface area contributed by atoms with Crippen molar-refractivity contribution in [2.24, 2.45) is 11.1 Å². The van der Waals surface area contributed by atoms with Gasteiger partial charge in [-0.1, -0.05) is 36.4 Å². The molecule has 1 aromatic heterocycles. The summed E-state index contributed by atoms with van der Waals surface area (Å²) in [6.45, 7) is 3.88. The predicted molar refractivity (Wildman–Crippen MR) is 103 cm³/mol. The molecule has 0 bridgehead atoms. The second-order valence-corrected chi connectivity index (χ2v) is 7.24. The molecule has 2 amide bonds. The van der Waals surface area contributed by atoms with Crippen molar-refractivity contribution in [2.45, 2.75) is 32.7 Å². The second-order valence-electron chi connectivity index (χ2n) is 7.24. The van der Waals surface area contributed by atoms with Crippen LogP contribution in [0.4, 0.5) is 0 Å². The van der Waals surface area contributed by atoms with Crippen LogP contribution >= 0.6 is 0 Å². The summed E-state index contributed by atoms with van der Waals surface area (Å²) in [6.07, 6.45) is 2.82. The van der Waals surface area contributed by atoms with E-state index in [1.54, 1.807) is 6.20 Å². The van der Waals surface area contributed by atoms with Gasteiger partial charge in [-0.05, 0) is 38.1 Å². The molecule has 0 radical (unpaired) electrons. The monoisotopic (exact) mass is 362 g/mol. The lowest BCUT2D eigenvalue weighted by atomic mass is 10.0. The summed E-state index contributed by atoms with van der Waals surface area (Å²) < 4.78 is 1.89. The van der Waals surface area contributed by atoms with Gasteiger partial charge in [0.25, 0.3) is 0 Å². The Morgan fingerprint density at radius 2 is 1.89 bits per heavy atom. The van der Waals surface area contributed by atoms with Crippen LogP contribution in [0.2, 0.25) is 0 Å². The first kappa shape index (κ1) is 17.3. The maximum atomic E-state index is 12.5. The van der Waals surface area contributed by atoms with Crippen LogP contribution in [0.5, 0.6) is 0 Å². The highest BCUT2D eigenvalue weighted by Crippen LogP contribution is 2.46. The molecule has 6 heteroatoms. The third kappa shape index (κ3) is 2.77. The van der Waals surface area contributed by atoms with Gasteiger partial charge in [0.2, 0.25) is 11.8 Å². The minimum atomic E-state index is -1.02. The lowest BCUT2D eigenvalue weighted by Crippen LogP contribution is -2.41. The van der Waals surface area contributed by atoms with Crippen molar-refractivity contribution in [2.75, 3.05) is 0 Å². The van der Waals surface area contributed by atoms with E-state index in [9.17, 15) is 9.59 Å². The van der Waals surface area contributed by atoms with Gasteiger partial charge in [0, 0.05) is 16.6 Å². The van der Waals surface area contributed by atoms with E-state index < -0.39 is 11.3 Å². The van der Waals surface area contributed by atoms with E-state index in [1.807, 2.05) is 42.8 Å². The number of carbonyl (C=O) groups is 2.